The first-order chi connectivity index (χ1) is 14.6. The van der Waals surface area contributed by atoms with Crippen LogP contribution in [0.2, 0.25) is 0 Å². The van der Waals surface area contributed by atoms with Crippen LogP contribution in [0.1, 0.15) is 116 Å². The van der Waals surface area contributed by atoms with Gasteiger partial charge in [-0.15, -0.1) is 11.6 Å². The fourth-order valence-electron chi connectivity index (χ4n) is 4.14. The van der Waals surface area contributed by atoms with E-state index >= 15 is 0 Å². The number of halogens is 1. The molecular weight excluding hydrogens is 402 g/mol. The highest BCUT2D eigenvalue weighted by molar-refractivity contribution is 6.18. The minimum atomic E-state index is -0.917. The van der Waals surface area contributed by atoms with Crippen molar-refractivity contribution in [3.63, 3.8) is 0 Å². The fourth-order valence-corrected chi connectivity index (χ4v) is 4.22. The molecule has 0 heterocycles. The van der Waals surface area contributed by atoms with Crippen molar-refractivity contribution in [1.29, 1.82) is 0 Å². The highest BCUT2D eigenvalue weighted by Crippen LogP contribution is 2.31. The van der Waals surface area contributed by atoms with Crippen LogP contribution in [0.5, 0.6) is 0 Å². The van der Waals surface area contributed by atoms with Crippen LogP contribution < -0.4 is 5.32 Å². The molecule has 0 bridgehead atoms. The van der Waals surface area contributed by atoms with E-state index in [4.69, 9.17) is 21.1 Å². The Hall–Kier alpha value is -0.970. The third-order valence-corrected chi connectivity index (χ3v) is 6.13. The van der Waals surface area contributed by atoms with Gasteiger partial charge in [0.25, 0.3) is 0 Å². The summed E-state index contributed by atoms with van der Waals surface area (Å²) in [6, 6.07) is 0. The van der Waals surface area contributed by atoms with E-state index in [1.807, 2.05) is 0 Å². The van der Waals surface area contributed by atoms with Crippen LogP contribution in [0.25, 0.3) is 0 Å². The second-order valence-electron chi connectivity index (χ2n) is 8.62. The first kappa shape index (κ1) is 27.1. The van der Waals surface area contributed by atoms with Crippen molar-refractivity contribution >= 4 is 23.7 Å². The molecule has 1 saturated carbocycles. The Balaban J connectivity index is 2.03. The molecule has 1 aliphatic carbocycles. The van der Waals surface area contributed by atoms with Crippen LogP contribution in [0.3, 0.4) is 0 Å². The number of hydrogen-bond donors (Lipinski definition) is 1. The average Bonchev–Trinajstić information content (AvgIpc) is 3.22. The maximum atomic E-state index is 12.6. The van der Waals surface area contributed by atoms with E-state index in [2.05, 4.69) is 12.2 Å². The predicted molar refractivity (Wildman–Crippen MR) is 123 cm³/mol. The Kier molecular flexibility index (Phi) is 16.0. The van der Waals surface area contributed by atoms with Gasteiger partial charge in [0.15, 0.2) is 0 Å². The molecule has 0 spiro atoms. The summed E-state index contributed by atoms with van der Waals surface area (Å²) in [6.07, 6.45) is 19.2. The molecule has 0 atom stereocenters. The summed E-state index contributed by atoms with van der Waals surface area (Å²) < 4.78 is 10.5. The molecule has 0 aliphatic heterocycles. The van der Waals surface area contributed by atoms with Crippen LogP contribution in [0.15, 0.2) is 0 Å². The zero-order valence-corrected chi connectivity index (χ0v) is 19.9. The number of rotatable bonds is 18. The van der Waals surface area contributed by atoms with Crippen LogP contribution >= 0.6 is 11.6 Å². The lowest BCUT2D eigenvalue weighted by atomic mass is 9.98. The topological polar surface area (TPSA) is 64.6 Å². The van der Waals surface area contributed by atoms with Gasteiger partial charge in [0.2, 0.25) is 0 Å². The summed E-state index contributed by atoms with van der Waals surface area (Å²) in [4.78, 5) is 24.4. The average molecular weight is 446 g/mol. The molecule has 0 aromatic heterocycles. The Morgan fingerprint density at radius 2 is 1.27 bits per heavy atom. The maximum absolute atomic E-state index is 12.6. The number of hydrogen-bond acceptors (Lipinski definition) is 4. The maximum Gasteiger partial charge on any atom is 0.408 e. The minimum absolute atomic E-state index is 0.136. The summed E-state index contributed by atoms with van der Waals surface area (Å²) in [5.74, 6) is -0.0778. The van der Waals surface area contributed by atoms with E-state index in [9.17, 15) is 9.59 Å². The zero-order chi connectivity index (χ0) is 21.9. The number of carbonyl (C=O) groups is 2. The van der Waals surface area contributed by atoms with Gasteiger partial charge in [0, 0.05) is 0 Å². The van der Waals surface area contributed by atoms with E-state index in [0.29, 0.717) is 19.4 Å². The number of carbonyl (C=O) groups excluding carboxylic acids is 2. The Labute approximate surface area is 189 Å². The zero-order valence-electron chi connectivity index (χ0n) is 19.2. The second kappa shape index (κ2) is 17.7. The Bertz CT molecular complexity index is 452. The monoisotopic (exact) mass is 445 g/mol. The summed E-state index contributed by atoms with van der Waals surface area (Å²) in [5, 5.41) is 2.73. The normalized spacial score (nSPS) is 15.1. The van der Waals surface area contributed by atoms with Crippen molar-refractivity contribution in [2.75, 3.05) is 19.1 Å². The molecule has 5 nitrogen and oxygen atoms in total. The summed E-state index contributed by atoms with van der Waals surface area (Å²) in [5.41, 5.74) is -0.917. The summed E-state index contributed by atoms with van der Waals surface area (Å²) >= 11 is 5.54. The highest BCUT2D eigenvalue weighted by atomic mass is 35.5. The van der Waals surface area contributed by atoms with E-state index in [1.165, 1.54) is 70.6 Å². The molecule has 0 radical (unpaired) electrons. The van der Waals surface area contributed by atoms with Gasteiger partial charge in [0.05, 0.1) is 12.5 Å². The molecule has 0 aromatic carbocycles. The van der Waals surface area contributed by atoms with Crippen LogP contribution in [-0.2, 0) is 14.3 Å². The lowest BCUT2D eigenvalue weighted by molar-refractivity contribution is -0.151. The first-order valence-electron chi connectivity index (χ1n) is 12.3. The van der Waals surface area contributed by atoms with Gasteiger partial charge < -0.3 is 14.8 Å². The molecule has 1 amide bonds. The summed E-state index contributed by atoms with van der Waals surface area (Å²) in [7, 11) is 0. The van der Waals surface area contributed by atoms with Crippen molar-refractivity contribution < 1.29 is 19.1 Å². The molecular formula is C24H44ClNO4. The van der Waals surface area contributed by atoms with E-state index < -0.39 is 11.6 Å². The van der Waals surface area contributed by atoms with Gasteiger partial charge in [-0.3, -0.25) is 0 Å². The Morgan fingerprint density at radius 1 is 0.767 bits per heavy atom. The van der Waals surface area contributed by atoms with Gasteiger partial charge in [-0.1, -0.05) is 96.8 Å². The lowest BCUT2D eigenvalue weighted by Crippen LogP contribution is -2.53. The fraction of sp³-hybridized carbons (Fsp3) is 0.917. The smallest absolute Gasteiger partial charge is 0.408 e. The molecule has 30 heavy (non-hydrogen) atoms. The van der Waals surface area contributed by atoms with Gasteiger partial charge in [0.1, 0.15) is 12.1 Å². The largest absolute Gasteiger partial charge is 0.464 e. The van der Waals surface area contributed by atoms with Gasteiger partial charge in [-0.2, -0.15) is 0 Å². The third-order valence-electron chi connectivity index (χ3n) is 5.98. The second-order valence-corrected chi connectivity index (χ2v) is 9.00. The molecule has 1 fully saturated rings. The standard InChI is InChI=1S/C24H44ClNO4/c1-2-3-4-5-6-7-8-9-10-11-12-13-16-20-29-22(27)24(17-14-15-18-24)26-23(28)30-21-19-25/h2-21H2,1H3,(H,26,28). The molecule has 1 aliphatic rings. The van der Waals surface area contributed by atoms with Crippen LogP contribution in [-0.4, -0.2) is 36.7 Å². The molecule has 176 valence electrons. The number of alkyl carbamates (subject to hydrolysis) is 1. The number of amides is 1. The van der Waals surface area contributed by atoms with Crippen molar-refractivity contribution in [3.8, 4) is 0 Å². The number of alkyl halides is 1. The van der Waals surface area contributed by atoms with Crippen LogP contribution in [0.4, 0.5) is 4.79 Å². The molecule has 0 aromatic rings. The van der Waals surface area contributed by atoms with Crippen molar-refractivity contribution in [1.82, 2.24) is 5.32 Å². The number of ether oxygens (including phenoxy) is 2. The highest BCUT2D eigenvalue weighted by Gasteiger charge is 2.44. The molecule has 0 unspecified atom stereocenters. The first-order valence-corrected chi connectivity index (χ1v) is 12.9. The lowest BCUT2D eigenvalue weighted by Gasteiger charge is -2.27. The van der Waals surface area contributed by atoms with E-state index in [0.717, 1.165) is 25.7 Å². The molecule has 0 saturated heterocycles. The number of unbranched alkanes of at least 4 members (excludes halogenated alkanes) is 12. The number of esters is 1. The van der Waals surface area contributed by atoms with E-state index in [1.54, 1.807) is 0 Å². The van der Waals surface area contributed by atoms with Gasteiger partial charge >= 0.3 is 12.1 Å². The number of nitrogens with one attached hydrogen (secondary N) is 1. The van der Waals surface area contributed by atoms with Crippen molar-refractivity contribution in [2.45, 2.75) is 122 Å². The minimum Gasteiger partial charge on any atom is -0.464 e. The third kappa shape index (κ3) is 12.0. The molecule has 1 N–H and O–H groups in total. The quantitative estimate of drug-likeness (QED) is 0.141. The van der Waals surface area contributed by atoms with Crippen LogP contribution in [0, 0.1) is 0 Å². The predicted octanol–water partition coefficient (Wildman–Crippen LogP) is 6.90. The SMILES string of the molecule is CCCCCCCCCCCCCCCOC(=O)C1(NC(=O)OCCCl)CCCC1. The van der Waals surface area contributed by atoms with E-state index in [-0.39, 0.29) is 18.5 Å². The molecule has 6 heteroatoms. The van der Waals surface area contributed by atoms with Gasteiger partial charge in [-0.05, 0) is 19.3 Å². The summed E-state index contributed by atoms with van der Waals surface area (Å²) in [6.45, 7) is 2.82. The molecule has 1 rings (SSSR count). The van der Waals surface area contributed by atoms with Crippen molar-refractivity contribution in [2.24, 2.45) is 0 Å². The van der Waals surface area contributed by atoms with Crippen molar-refractivity contribution in [3.05, 3.63) is 0 Å². The Morgan fingerprint density at radius 3 is 1.77 bits per heavy atom. The van der Waals surface area contributed by atoms with Gasteiger partial charge in [-0.25, -0.2) is 9.59 Å².